The lowest BCUT2D eigenvalue weighted by atomic mass is 10.1. The SMILES string of the molecule is Cc1nc2c(C(=O)O)cccc2n1CCCC(C)CO. The topological polar surface area (TPSA) is 75.3 Å². The molecule has 1 atom stereocenters. The summed E-state index contributed by atoms with van der Waals surface area (Å²) < 4.78 is 2.05. The van der Waals surface area contributed by atoms with Gasteiger partial charge in [-0.1, -0.05) is 13.0 Å². The van der Waals surface area contributed by atoms with Gasteiger partial charge >= 0.3 is 5.97 Å². The van der Waals surface area contributed by atoms with E-state index in [0.29, 0.717) is 11.4 Å². The number of aliphatic hydroxyl groups excluding tert-OH is 1. The highest BCUT2D eigenvalue weighted by Crippen LogP contribution is 2.21. The minimum atomic E-state index is -0.950. The van der Waals surface area contributed by atoms with Crippen LogP contribution in [0.1, 0.15) is 35.9 Å². The molecule has 0 aliphatic heterocycles. The molecule has 0 spiro atoms. The molecule has 0 saturated carbocycles. The number of para-hydroxylation sites is 1. The highest BCUT2D eigenvalue weighted by Gasteiger charge is 2.14. The van der Waals surface area contributed by atoms with Crippen LogP contribution in [-0.4, -0.2) is 32.3 Å². The first-order chi connectivity index (χ1) is 9.54. The zero-order valence-electron chi connectivity index (χ0n) is 11.8. The number of aryl methyl sites for hydroxylation is 2. The number of carbonyl (C=O) groups is 1. The van der Waals surface area contributed by atoms with Crippen molar-refractivity contribution in [2.24, 2.45) is 5.92 Å². The van der Waals surface area contributed by atoms with Gasteiger partial charge in [0.1, 0.15) is 11.3 Å². The molecule has 5 heteroatoms. The lowest BCUT2D eigenvalue weighted by Crippen LogP contribution is -2.05. The molecule has 1 heterocycles. The number of benzene rings is 1. The van der Waals surface area contributed by atoms with E-state index in [2.05, 4.69) is 4.98 Å². The van der Waals surface area contributed by atoms with Gasteiger partial charge in [0, 0.05) is 13.2 Å². The number of carboxylic acids is 1. The van der Waals surface area contributed by atoms with Crippen LogP contribution in [0.3, 0.4) is 0 Å². The maximum Gasteiger partial charge on any atom is 0.337 e. The van der Waals surface area contributed by atoms with Crippen molar-refractivity contribution < 1.29 is 15.0 Å². The van der Waals surface area contributed by atoms with Crippen LogP contribution >= 0.6 is 0 Å². The predicted octanol–water partition coefficient (Wildman–Crippen LogP) is 2.45. The normalized spacial score (nSPS) is 12.8. The molecule has 5 nitrogen and oxygen atoms in total. The molecule has 0 amide bonds. The Bertz CT molecular complexity index is 619. The van der Waals surface area contributed by atoms with Gasteiger partial charge in [0.25, 0.3) is 0 Å². The zero-order chi connectivity index (χ0) is 14.7. The molecule has 0 radical (unpaired) electrons. The summed E-state index contributed by atoms with van der Waals surface area (Å²) >= 11 is 0. The Kier molecular flexibility index (Phi) is 4.39. The van der Waals surface area contributed by atoms with Crippen molar-refractivity contribution in [3.05, 3.63) is 29.6 Å². The van der Waals surface area contributed by atoms with E-state index in [9.17, 15) is 9.90 Å². The highest BCUT2D eigenvalue weighted by molar-refractivity contribution is 6.01. The summed E-state index contributed by atoms with van der Waals surface area (Å²) in [6.45, 7) is 4.89. The average Bonchev–Trinajstić information content (AvgIpc) is 2.74. The number of hydrogen-bond acceptors (Lipinski definition) is 3. The van der Waals surface area contributed by atoms with Crippen molar-refractivity contribution >= 4 is 17.0 Å². The Morgan fingerprint density at radius 1 is 1.45 bits per heavy atom. The number of aromatic carboxylic acids is 1. The van der Waals surface area contributed by atoms with Crippen molar-refractivity contribution in [3.63, 3.8) is 0 Å². The lowest BCUT2D eigenvalue weighted by molar-refractivity contribution is 0.0699. The molecule has 2 N–H and O–H groups in total. The van der Waals surface area contributed by atoms with Crippen LogP contribution in [0.5, 0.6) is 0 Å². The molecule has 2 rings (SSSR count). The fraction of sp³-hybridized carbons (Fsp3) is 0.467. The summed E-state index contributed by atoms with van der Waals surface area (Å²) in [5.41, 5.74) is 1.65. The van der Waals surface area contributed by atoms with E-state index >= 15 is 0 Å². The molecular formula is C15H20N2O3. The number of aliphatic hydroxyl groups is 1. The predicted molar refractivity (Wildman–Crippen MR) is 76.9 cm³/mol. The first-order valence-corrected chi connectivity index (χ1v) is 6.84. The van der Waals surface area contributed by atoms with Crippen LogP contribution in [0.4, 0.5) is 0 Å². The highest BCUT2D eigenvalue weighted by atomic mass is 16.4. The molecule has 0 aliphatic rings. The van der Waals surface area contributed by atoms with Crippen molar-refractivity contribution in [2.75, 3.05) is 6.61 Å². The fourth-order valence-electron chi connectivity index (χ4n) is 2.41. The summed E-state index contributed by atoms with van der Waals surface area (Å²) in [6.07, 6.45) is 1.87. The van der Waals surface area contributed by atoms with Gasteiger partial charge < -0.3 is 14.8 Å². The Morgan fingerprint density at radius 2 is 2.20 bits per heavy atom. The minimum absolute atomic E-state index is 0.201. The Labute approximate surface area is 117 Å². The third kappa shape index (κ3) is 2.82. The fourth-order valence-corrected chi connectivity index (χ4v) is 2.41. The van der Waals surface area contributed by atoms with Gasteiger partial charge in [-0.2, -0.15) is 0 Å². The van der Waals surface area contributed by atoms with E-state index in [4.69, 9.17) is 5.11 Å². The standard InChI is InChI=1S/C15H20N2O3/c1-10(9-18)5-4-8-17-11(2)16-14-12(15(19)20)6-3-7-13(14)17/h3,6-7,10,18H,4-5,8-9H2,1-2H3,(H,19,20). The summed E-state index contributed by atoms with van der Waals surface area (Å²) in [5.74, 6) is 0.166. The number of fused-ring (bicyclic) bond motifs is 1. The molecule has 1 unspecified atom stereocenters. The maximum atomic E-state index is 11.2. The van der Waals surface area contributed by atoms with Crippen LogP contribution in [0, 0.1) is 12.8 Å². The van der Waals surface area contributed by atoms with Gasteiger partial charge in [-0.25, -0.2) is 9.78 Å². The van der Waals surface area contributed by atoms with Crippen molar-refractivity contribution in [3.8, 4) is 0 Å². The molecule has 0 aliphatic carbocycles. The first kappa shape index (κ1) is 14.5. The molecule has 108 valence electrons. The van der Waals surface area contributed by atoms with Gasteiger partial charge in [0.15, 0.2) is 0 Å². The molecule has 0 saturated heterocycles. The first-order valence-electron chi connectivity index (χ1n) is 6.84. The monoisotopic (exact) mass is 276 g/mol. The lowest BCUT2D eigenvalue weighted by Gasteiger charge is -2.10. The molecule has 0 fully saturated rings. The minimum Gasteiger partial charge on any atom is -0.478 e. The van der Waals surface area contributed by atoms with Gasteiger partial charge in [0.05, 0.1) is 11.1 Å². The van der Waals surface area contributed by atoms with E-state index in [-0.39, 0.29) is 12.2 Å². The summed E-state index contributed by atoms with van der Waals surface area (Å²) in [5, 5.41) is 18.2. The van der Waals surface area contributed by atoms with Crippen LogP contribution in [0.2, 0.25) is 0 Å². The van der Waals surface area contributed by atoms with Crippen molar-refractivity contribution in [1.82, 2.24) is 9.55 Å². The zero-order valence-corrected chi connectivity index (χ0v) is 11.8. The second kappa shape index (κ2) is 6.05. The largest absolute Gasteiger partial charge is 0.478 e. The number of carboxylic acid groups (broad SMARTS) is 1. The third-order valence-corrected chi connectivity index (χ3v) is 3.59. The van der Waals surface area contributed by atoms with Gasteiger partial charge in [0.2, 0.25) is 0 Å². The third-order valence-electron chi connectivity index (χ3n) is 3.59. The smallest absolute Gasteiger partial charge is 0.337 e. The summed E-state index contributed by atoms with van der Waals surface area (Å²) in [6, 6.07) is 5.23. The number of rotatable bonds is 6. The van der Waals surface area contributed by atoms with E-state index < -0.39 is 5.97 Å². The van der Waals surface area contributed by atoms with Crippen LogP contribution in [0.25, 0.3) is 11.0 Å². The van der Waals surface area contributed by atoms with E-state index in [1.807, 2.05) is 24.5 Å². The van der Waals surface area contributed by atoms with E-state index in [0.717, 1.165) is 30.7 Å². The van der Waals surface area contributed by atoms with E-state index in [1.54, 1.807) is 12.1 Å². The molecule has 1 aromatic carbocycles. The van der Waals surface area contributed by atoms with Gasteiger partial charge in [-0.15, -0.1) is 0 Å². The second-order valence-corrected chi connectivity index (χ2v) is 5.22. The summed E-state index contributed by atoms with van der Waals surface area (Å²) in [7, 11) is 0. The van der Waals surface area contributed by atoms with Crippen LogP contribution in [0.15, 0.2) is 18.2 Å². The molecule has 0 bridgehead atoms. The second-order valence-electron chi connectivity index (χ2n) is 5.22. The summed E-state index contributed by atoms with van der Waals surface area (Å²) in [4.78, 5) is 15.6. The Balaban J connectivity index is 2.28. The molecule has 20 heavy (non-hydrogen) atoms. The number of imidazole rings is 1. The van der Waals surface area contributed by atoms with Crippen molar-refractivity contribution in [2.45, 2.75) is 33.2 Å². The average molecular weight is 276 g/mol. The molecular weight excluding hydrogens is 256 g/mol. The van der Waals surface area contributed by atoms with Gasteiger partial charge in [-0.3, -0.25) is 0 Å². The van der Waals surface area contributed by atoms with Gasteiger partial charge in [-0.05, 0) is 37.8 Å². The Hall–Kier alpha value is -1.88. The number of hydrogen-bond donors (Lipinski definition) is 2. The van der Waals surface area contributed by atoms with Crippen LogP contribution in [-0.2, 0) is 6.54 Å². The number of aromatic nitrogens is 2. The molecule has 2 aromatic rings. The maximum absolute atomic E-state index is 11.2. The van der Waals surface area contributed by atoms with E-state index in [1.165, 1.54) is 0 Å². The van der Waals surface area contributed by atoms with Crippen LogP contribution < -0.4 is 0 Å². The number of nitrogens with zero attached hydrogens (tertiary/aromatic N) is 2. The Morgan fingerprint density at radius 3 is 2.85 bits per heavy atom. The quantitative estimate of drug-likeness (QED) is 0.849. The van der Waals surface area contributed by atoms with Crippen molar-refractivity contribution in [1.29, 1.82) is 0 Å². The molecule has 1 aromatic heterocycles.